The summed E-state index contributed by atoms with van der Waals surface area (Å²) in [7, 11) is 3.07. The smallest absolute Gasteiger partial charge is 0.383 e. The Morgan fingerprint density at radius 2 is 1.57 bits per heavy atom. The summed E-state index contributed by atoms with van der Waals surface area (Å²) in [5.74, 6) is -0.641. The normalized spacial score (nSPS) is 34.8. The van der Waals surface area contributed by atoms with Crippen LogP contribution in [-0.4, -0.2) is 69.7 Å². The molecule has 1 saturated heterocycles. The van der Waals surface area contributed by atoms with Crippen molar-refractivity contribution in [1.82, 2.24) is 0 Å². The number of hydrogen-bond acceptors (Lipinski definition) is 6. The number of hydrogen-bond donors (Lipinski definition) is 1. The van der Waals surface area contributed by atoms with Crippen LogP contribution in [0.4, 0.5) is 22.0 Å². The van der Waals surface area contributed by atoms with Gasteiger partial charge in [-0.2, -0.15) is 22.0 Å². The Kier molecular flexibility index (Phi) is 9.34. The van der Waals surface area contributed by atoms with Crippen LogP contribution >= 0.6 is 0 Å². The molecule has 1 N–H and O–H groups in total. The van der Waals surface area contributed by atoms with E-state index in [-0.39, 0.29) is 36.2 Å². The molecular weight excluding hydrogens is 587 g/mol. The zero-order valence-corrected chi connectivity index (χ0v) is 26.1. The number of ether oxygens (including phenoxy) is 5. The zero-order chi connectivity index (χ0) is 32.1. The molecule has 1 heterocycles. The molecule has 6 nitrogen and oxygen atoms in total. The van der Waals surface area contributed by atoms with Crippen molar-refractivity contribution in [2.24, 2.45) is 22.7 Å². The predicted molar refractivity (Wildman–Crippen MR) is 152 cm³/mol. The molecule has 3 aliphatic carbocycles. The summed E-state index contributed by atoms with van der Waals surface area (Å²) in [4.78, 5) is 0. The fourth-order valence-corrected chi connectivity index (χ4v) is 8.39. The van der Waals surface area contributed by atoms with Crippen molar-refractivity contribution in [2.45, 2.75) is 95.5 Å². The van der Waals surface area contributed by atoms with Crippen molar-refractivity contribution in [2.75, 3.05) is 40.6 Å². The summed E-state index contributed by atoms with van der Waals surface area (Å²) in [6.45, 7) is 7.35. The van der Waals surface area contributed by atoms with Crippen molar-refractivity contribution in [1.29, 1.82) is 0 Å². The number of halogens is 5. The molecule has 1 aromatic carbocycles. The predicted octanol–water partition coefficient (Wildman–Crippen LogP) is 7.32. The number of alkyl halides is 5. The molecule has 0 aromatic heterocycles. The van der Waals surface area contributed by atoms with Gasteiger partial charge in [-0.05, 0) is 66.9 Å². The van der Waals surface area contributed by atoms with E-state index >= 15 is 0 Å². The van der Waals surface area contributed by atoms with Crippen LogP contribution in [0.15, 0.2) is 35.4 Å². The summed E-state index contributed by atoms with van der Waals surface area (Å²) in [6, 6.07) is 7.60. The number of methoxy groups -OCH3 is 2. The highest BCUT2D eigenvalue weighted by Crippen LogP contribution is 2.65. The zero-order valence-electron chi connectivity index (χ0n) is 26.1. The minimum Gasteiger partial charge on any atom is -0.383 e. The summed E-state index contributed by atoms with van der Waals surface area (Å²) < 4.78 is 96.0. The largest absolute Gasteiger partial charge is 0.482 e. The number of aliphatic hydroxyl groups is 1. The molecule has 1 aromatic rings. The van der Waals surface area contributed by atoms with Gasteiger partial charge in [-0.25, -0.2) is 0 Å². The summed E-state index contributed by atoms with van der Waals surface area (Å²) in [5.41, 5.74) is 1.16. The summed E-state index contributed by atoms with van der Waals surface area (Å²) in [6.07, 6.45) is -10.6. The van der Waals surface area contributed by atoms with E-state index in [1.54, 1.807) is 6.92 Å². The minimum atomic E-state index is -5.80. The molecule has 2 saturated carbocycles. The quantitative estimate of drug-likeness (QED) is 0.201. The van der Waals surface area contributed by atoms with Gasteiger partial charge in [-0.3, -0.25) is 0 Å². The molecule has 3 fully saturated rings. The maximum Gasteiger partial charge on any atom is 0.482 e. The Balaban J connectivity index is 1.59. The highest BCUT2D eigenvalue weighted by atomic mass is 19.4. The molecule has 0 spiro atoms. The van der Waals surface area contributed by atoms with Crippen LogP contribution in [0, 0.1) is 22.7 Å². The van der Waals surface area contributed by atoms with E-state index in [1.807, 2.05) is 24.3 Å². The van der Waals surface area contributed by atoms with Crippen molar-refractivity contribution >= 4 is 0 Å². The fraction of sp³-hybridized carbons (Fsp3) is 0.758. The third-order valence-electron chi connectivity index (χ3n) is 10.5. The number of benzene rings is 1. The lowest BCUT2D eigenvalue weighted by molar-refractivity contribution is -0.408. The van der Waals surface area contributed by atoms with E-state index in [0.717, 1.165) is 22.3 Å². The van der Waals surface area contributed by atoms with E-state index in [2.05, 4.69) is 13.8 Å². The first-order chi connectivity index (χ1) is 20.6. The van der Waals surface area contributed by atoms with Crippen LogP contribution in [0.1, 0.15) is 82.6 Å². The Morgan fingerprint density at radius 3 is 2.20 bits per heavy atom. The molecule has 0 bridgehead atoms. The monoisotopic (exact) mass is 632 g/mol. The van der Waals surface area contributed by atoms with Gasteiger partial charge in [0.1, 0.15) is 5.60 Å². The summed E-state index contributed by atoms with van der Waals surface area (Å²) in [5, 5.41) is 12.1. The second kappa shape index (κ2) is 12.2. The standard InChI is InChI=1S/C33H45F5O6/c1-29(2)17-42-15-13-25-27-22(12-14-31(25,39)19-43-18-29)24-10-11-26(44-33(37,38)32(34,35)36)30(24,3)16-23(27)20-6-8-21(9-7-20)28(40-4)41-5/h6-9,22-24,26,28,39H,10-19H2,1-5H3. The lowest BCUT2D eigenvalue weighted by Gasteiger charge is -2.54. The van der Waals surface area contributed by atoms with Crippen LogP contribution < -0.4 is 0 Å². The topological polar surface area (TPSA) is 66.4 Å². The Labute approximate surface area is 256 Å². The Bertz CT molecular complexity index is 1200. The van der Waals surface area contributed by atoms with E-state index in [0.29, 0.717) is 51.9 Å². The third-order valence-corrected chi connectivity index (χ3v) is 10.5. The van der Waals surface area contributed by atoms with Crippen LogP contribution in [0.2, 0.25) is 0 Å². The first kappa shape index (κ1) is 33.7. The average molecular weight is 633 g/mol. The maximum absolute atomic E-state index is 14.3. The Morgan fingerprint density at radius 1 is 0.909 bits per heavy atom. The number of allylic oxidation sites excluding steroid dienone is 1. The van der Waals surface area contributed by atoms with Crippen LogP contribution in [0.25, 0.3) is 0 Å². The van der Waals surface area contributed by atoms with Crippen molar-refractivity contribution in [3.8, 4) is 0 Å². The fourth-order valence-electron chi connectivity index (χ4n) is 8.39. The molecule has 4 aliphatic rings. The van der Waals surface area contributed by atoms with Gasteiger partial charge in [0.15, 0.2) is 6.29 Å². The highest BCUT2D eigenvalue weighted by molar-refractivity contribution is 5.43. The molecule has 6 atom stereocenters. The molecular formula is C33H45F5O6. The first-order valence-corrected chi connectivity index (χ1v) is 15.4. The van der Waals surface area contributed by atoms with Gasteiger partial charge in [-0.15, -0.1) is 0 Å². The van der Waals surface area contributed by atoms with Gasteiger partial charge in [-0.1, -0.05) is 50.6 Å². The summed E-state index contributed by atoms with van der Waals surface area (Å²) >= 11 is 0. The molecule has 6 unspecified atom stereocenters. The van der Waals surface area contributed by atoms with Gasteiger partial charge in [0.05, 0.1) is 32.5 Å². The second-order valence-electron chi connectivity index (χ2n) is 14.1. The molecule has 0 radical (unpaired) electrons. The number of fused-ring (bicyclic) bond motifs is 4. The Hall–Kier alpha value is -1.63. The van der Waals surface area contributed by atoms with Gasteiger partial charge < -0.3 is 28.8 Å². The minimum absolute atomic E-state index is 0.104. The highest BCUT2D eigenvalue weighted by Gasteiger charge is 2.65. The van der Waals surface area contributed by atoms with E-state index in [9.17, 15) is 27.1 Å². The maximum atomic E-state index is 14.3. The van der Waals surface area contributed by atoms with E-state index in [1.165, 1.54) is 14.2 Å². The molecule has 0 amide bonds. The van der Waals surface area contributed by atoms with Gasteiger partial charge in [0.2, 0.25) is 0 Å². The van der Waals surface area contributed by atoms with Crippen LogP contribution in [-0.2, 0) is 23.7 Å². The number of rotatable bonds is 6. The van der Waals surface area contributed by atoms with Crippen molar-refractivity contribution in [3.63, 3.8) is 0 Å². The second-order valence-corrected chi connectivity index (χ2v) is 14.1. The SMILES string of the molecule is COC(OC)c1ccc(C2CC3(C)C(OC(F)(F)C(F)(F)F)CCC3C3CCC4(O)COCC(C)(C)COCCC4=C23)cc1. The van der Waals surface area contributed by atoms with Gasteiger partial charge >= 0.3 is 12.3 Å². The molecule has 248 valence electrons. The third kappa shape index (κ3) is 6.21. The lowest BCUT2D eigenvalue weighted by Crippen LogP contribution is -2.52. The average Bonchev–Trinajstić information content (AvgIpc) is 3.26. The van der Waals surface area contributed by atoms with Crippen molar-refractivity contribution in [3.05, 3.63) is 46.5 Å². The van der Waals surface area contributed by atoms with E-state index in [4.69, 9.17) is 23.7 Å². The molecule has 44 heavy (non-hydrogen) atoms. The van der Waals surface area contributed by atoms with Gasteiger partial charge in [0, 0.05) is 31.1 Å². The first-order valence-electron chi connectivity index (χ1n) is 15.4. The van der Waals surface area contributed by atoms with Crippen LogP contribution in [0.5, 0.6) is 0 Å². The van der Waals surface area contributed by atoms with E-state index < -0.39 is 35.7 Å². The molecule has 11 heteroatoms. The van der Waals surface area contributed by atoms with Crippen molar-refractivity contribution < 1.29 is 50.7 Å². The molecule has 1 aliphatic heterocycles. The lowest BCUT2D eigenvalue weighted by atomic mass is 9.52. The van der Waals surface area contributed by atoms with Gasteiger partial charge in [0.25, 0.3) is 0 Å². The molecule has 5 rings (SSSR count). The van der Waals surface area contributed by atoms with Crippen LogP contribution in [0.3, 0.4) is 0 Å².